The highest BCUT2D eigenvalue weighted by Gasteiger charge is 2.06. The van der Waals surface area contributed by atoms with E-state index in [2.05, 4.69) is 10.9 Å². The van der Waals surface area contributed by atoms with Gasteiger partial charge in [-0.05, 0) is 17.9 Å². The number of carbonyl (C=O) groups excluding carboxylic acids is 2. The minimum absolute atomic E-state index is 0.169. The molecule has 76 valence electrons. The van der Waals surface area contributed by atoms with Gasteiger partial charge in [0, 0.05) is 6.42 Å². The van der Waals surface area contributed by atoms with Crippen LogP contribution in [0.15, 0.2) is 17.5 Å². The number of amides is 2. The lowest BCUT2D eigenvalue weighted by atomic mass is 10.3. The number of hydrogen-bond acceptors (Lipinski definition) is 3. The first kappa shape index (κ1) is 10.7. The molecule has 0 aliphatic carbocycles. The predicted octanol–water partition coefficient (Wildman–Crippen LogP) is 1.31. The Balaban J connectivity index is 2.32. The highest BCUT2D eigenvalue weighted by molar-refractivity contribution is 7.12. The minimum Gasteiger partial charge on any atom is -0.273 e. The van der Waals surface area contributed by atoms with Gasteiger partial charge in [-0.15, -0.1) is 11.3 Å². The highest BCUT2D eigenvalue weighted by atomic mass is 32.1. The Labute approximate surface area is 86.3 Å². The normalized spacial score (nSPS) is 9.50. The SMILES string of the molecule is CCCC(=O)NNC(=O)c1cccs1. The zero-order valence-electron chi connectivity index (χ0n) is 7.87. The first-order chi connectivity index (χ1) is 6.74. The van der Waals surface area contributed by atoms with Crippen LogP contribution in [0.4, 0.5) is 0 Å². The summed E-state index contributed by atoms with van der Waals surface area (Å²) in [5, 5.41) is 1.81. The van der Waals surface area contributed by atoms with E-state index >= 15 is 0 Å². The molecule has 5 heteroatoms. The molecule has 2 N–H and O–H groups in total. The van der Waals surface area contributed by atoms with Crippen molar-refractivity contribution in [1.82, 2.24) is 10.9 Å². The summed E-state index contributed by atoms with van der Waals surface area (Å²) in [5.41, 5.74) is 4.68. The summed E-state index contributed by atoms with van der Waals surface area (Å²) in [4.78, 5) is 22.9. The van der Waals surface area contributed by atoms with Crippen LogP contribution in [0.5, 0.6) is 0 Å². The lowest BCUT2D eigenvalue weighted by Crippen LogP contribution is -2.41. The largest absolute Gasteiger partial charge is 0.279 e. The summed E-state index contributed by atoms with van der Waals surface area (Å²) >= 11 is 1.33. The molecule has 0 unspecified atom stereocenters. The van der Waals surface area contributed by atoms with Gasteiger partial charge in [0.15, 0.2) is 0 Å². The lowest BCUT2D eigenvalue weighted by molar-refractivity contribution is -0.121. The Morgan fingerprint density at radius 2 is 2.21 bits per heavy atom. The van der Waals surface area contributed by atoms with Crippen molar-refractivity contribution in [1.29, 1.82) is 0 Å². The molecule has 0 atom stereocenters. The quantitative estimate of drug-likeness (QED) is 0.742. The third-order valence-corrected chi connectivity index (χ3v) is 2.41. The minimum atomic E-state index is -0.274. The van der Waals surface area contributed by atoms with Crippen LogP contribution < -0.4 is 10.9 Å². The Kier molecular flexibility index (Phi) is 4.12. The van der Waals surface area contributed by atoms with Crippen LogP contribution in [0.3, 0.4) is 0 Å². The van der Waals surface area contributed by atoms with Gasteiger partial charge in [-0.3, -0.25) is 20.4 Å². The van der Waals surface area contributed by atoms with Crippen LogP contribution in [0.2, 0.25) is 0 Å². The number of hydrogen-bond donors (Lipinski definition) is 2. The fraction of sp³-hybridized carbons (Fsp3) is 0.333. The predicted molar refractivity (Wildman–Crippen MR) is 54.8 cm³/mol. The van der Waals surface area contributed by atoms with Gasteiger partial charge in [0.05, 0.1) is 4.88 Å². The molecule has 0 aliphatic rings. The Morgan fingerprint density at radius 1 is 1.43 bits per heavy atom. The van der Waals surface area contributed by atoms with E-state index in [4.69, 9.17) is 0 Å². The zero-order valence-corrected chi connectivity index (χ0v) is 8.69. The Hall–Kier alpha value is -1.36. The van der Waals surface area contributed by atoms with Crippen molar-refractivity contribution in [2.75, 3.05) is 0 Å². The molecule has 1 aromatic rings. The van der Waals surface area contributed by atoms with E-state index < -0.39 is 0 Å². The van der Waals surface area contributed by atoms with Gasteiger partial charge < -0.3 is 0 Å². The zero-order chi connectivity index (χ0) is 10.4. The molecule has 0 radical (unpaired) electrons. The van der Waals surface area contributed by atoms with Crippen LogP contribution in [0.25, 0.3) is 0 Å². The van der Waals surface area contributed by atoms with Gasteiger partial charge in [0.25, 0.3) is 5.91 Å². The van der Waals surface area contributed by atoms with Crippen LogP contribution in [0, 0.1) is 0 Å². The molecular formula is C9H12N2O2S. The topological polar surface area (TPSA) is 58.2 Å². The summed E-state index contributed by atoms with van der Waals surface area (Å²) in [6.07, 6.45) is 1.19. The first-order valence-electron chi connectivity index (χ1n) is 4.36. The van der Waals surface area contributed by atoms with Gasteiger partial charge in [0.1, 0.15) is 0 Å². The molecule has 14 heavy (non-hydrogen) atoms. The molecule has 0 aliphatic heterocycles. The maximum absolute atomic E-state index is 11.3. The van der Waals surface area contributed by atoms with E-state index in [-0.39, 0.29) is 11.8 Å². The van der Waals surface area contributed by atoms with E-state index in [1.807, 2.05) is 12.3 Å². The number of hydrazine groups is 1. The van der Waals surface area contributed by atoms with Crippen LogP contribution in [-0.4, -0.2) is 11.8 Å². The molecule has 1 heterocycles. The number of thiophene rings is 1. The van der Waals surface area contributed by atoms with Crippen LogP contribution in [-0.2, 0) is 4.79 Å². The van der Waals surface area contributed by atoms with Gasteiger partial charge >= 0.3 is 0 Å². The van der Waals surface area contributed by atoms with Crippen molar-refractivity contribution in [2.24, 2.45) is 0 Å². The molecule has 0 bridgehead atoms. The van der Waals surface area contributed by atoms with Gasteiger partial charge in [0.2, 0.25) is 5.91 Å². The van der Waals surface area contributed by atoms with E-state index in [9.17, 15) is 9.59 Å². The summed E-state index contributed by atoms with van der Waals surface area (Å²) in [6, 6.07) is 3.49. The fourth-order valence-corrected chi connectivity index (χ4v) is 1.50. The number of rotatable bonds is 3. The first-order valence-corrected chi connectivity index (χ1v) is 5.24. The van der Waals surface area contributed by atoms with Gasteiger partial charge in [-0.25, -0.2) is 0 Å². The Morgan fingerprint density at radius 3 is 2.79 bits per heavy atom. The molecule has 0 aromatic carbocycles. The monoisotopic (exact) mass is 212 g/mol. The van der Waals surface area contributed by atoms with E-state index in [0.717, 1.165) is 6.42 Å². The van der Waals surface area contributed by atoms with Crippen LogP contribution >= 0.6 is 11.3 Å². The van der Waals surface area contributed by atoms with Crippen LogP contribution in [0.1, 0.15) is 29.4 Å². The fourth-order valence-electron chi connectivity index (χ4n) is 0.885. The maximum atomic E-state index is 11.3. The van der Waals surface area contributed by atoms with Gasteiger partial charge in [-0.2, -0.15) is 0 Å². The molecule has 4 nitrogen and oxygen atoms in total. The standard InChI is InChI=1S/C9H12N2O2S/c1-2-4-8(12)10-11-9(13)7-5-3-6-14-7/h3,5-6H,2,4H2,1H3,(H,10,12)(H,11,13). The second-order valence-corrected chi connectivity index (χ2v) is 3.68. The lowest BCUT2D eigenvalue weighted by Gasteiger charge is -2.04. The summed E-state index contributed by atoms with van der Waals surface area (Å²) in [6.45, 7) is 1.90. The Bertz CT molecular complexity index is 309. The molecule has 1 rings (SSSR count). The number of carbonyl (C=O) groups is 2. The average Bonchev–Trinajstić information content (AvgIpc) is 2.67. The molecule has 0 fully saturated rings. The molecule has 0 spiro atoms. The second kappa shape index (κ2) is 5.39. The summed E-state index contributed by atoms with van der Waals surface area (Å²) in [5.74, 6) is -0.443. The van der Waals surface area contributed by atoms with Crippen molar-refractivity contribution in [2.45, 2.75) is 19.8 Å². The van der Waals surface area contributed by atoms with Crippen molar-refractivity contribution in [3.63, 3.8) is 0 Å². The average molecular weight is 212 g/mol. The summed E-state index contributed by atoms with van der Waals surface area (Å²) in [7, 11) is 0. The molecule has 1 aromatic heterocycles. The van der Waals surface area contributed by atoms with E-state index in [1.54, 1.807) is 12.1 Å². The number of nitrogens with one attached hydrogen (secondary N) is 2. The van der Waals surface area contributed by atoms with Crippen molar-refractivity contribution < 1.29 is 9.59 Å². The third-order valence-electron chi connectivity index (χ3n) is 1.54. The van der Waals surface area contributed by atoms with Gasteiger partial charge in [-0.1, -0.05) is 13.0 Å². The molecule has 0 saturated heterocycles. The van der Waals surface area contributed by atoms with Crippen molar-refractivity contribution in [3.8, 4) is 0 Å². The summed E-state index contributed by atoms with van der Waals surface area (Å²) < 4.78 is 0. The molecule has 2 amide bonds. The molecular weight excluding hydrogens is 200 g/mol. The highest BCUT2D eigenvalue weighted by Crippen LogP contribution is 2.06. The second-order valence-electron chi connectivity index (χ2n) is 2.73. The maximum Gasteiger partial charge on any atom is 0.279 e. The van der Waals surface area contributed by atoms with Crippen molar-refractivity contribution >= 4 is 23.2 Å². The van der Waals surface area contributed by atoms with E-state index in [0.29, 0.717) is 11.3 Å². The smallest absolute Gasteiger partial charge is 0.273 e. The third kappa shape index (κ3) is 3.18. The van der Waals surface area contributed by atoms with E-state index in [1.165, 1.54) is 11.3 Å². The van der Waals surface area contributed by atoms with Crippen molar-refractivity contribution in [3.05, 3.63) is 22.4 Å². The molecule has 0 saturated carbocycles.